The van der Waals surface area contributed by atoms with Crippen LogP contribution >= 0.6 is 0 Å². The van der Waals surface area contributed by atoms with Crippen LogP contribution in [-0.4, -0.2) is 28.8 Å². The molecule has 7 nitrogen and oxygen atoms in total. The number of furan rings is 1. The van der Waals surface area contributed by atoms with Crippen molar-refractivity contribution in [3.8, 4) is 11.1 Å². The SMILES string of the molecule is Cc1cc(C)c(S(=O)(=O)N(Cc2ccc(-c3cncc(C(C)(C)C(=O)O)c3)cc2)Cc2ccc(C(F)(F)F)o2)c(C)c1. The van der Waals surface area contributed by atoms with Crippen LogP contribution in [0.3, 0.4) is 0 Å². The second-order valence-corrected chi connectivity index (χ2v) is 12.7. The molecule has 4 rings (SSSR count). The van der Waals surface area contributed by atoms with Crippen molar-refractivity contribution in [3.63, 3.8) is 0 Å². The maximum absolute atomic E-state index is 14.0. The van der Waals surface area contributed by atoms with Crippen LogP contribution in [0.2, 0.25) is 0 Å². The van der Waals surface area contributed by atoms with Gasteiger partial charge < -0.3 is 9.52 Å². The molecule has 0 radical (unpaired) electrons. The van der Waals surface area contributed by atoms with Gasteiger partial charge in [0.25, 0.3) is 0 Å². The van der Waals surface area contributed by atoms with Crippen LogP contribution in [-0.2, 0) is 39.5 Å². The van der Waals surface area contributed by atoms with E-state index in [1.807, 2.05) is 6.92 Å². The summed E-state index contributed by atoms with van der Waals surface area (Å²) in [6.07, 6.45) is -1.60. The number of aromatic nitrogens is 1. The van der Waals surface area contributed by atoms with E-state index in [2.05, 4.69) is 4.98 Å². The summed E-state index contributed by atoms with van der Waals surface area (Å²) in [5, 5.41) is 9.58. The summed E-state index contributed by atoms with van der Waals surface area (Å²) in [7, 11) is -4.17. The summed E-state index contributed by atoms with van der Waals surface area (Å²) in [5.41, 5.74) is 3.31. The van der Waals surface area contributed by atoms with E-state index < -0.39 is 39.9 Å². The minimum absolute atomic E-state index is 0.0938. The number of rotatable bonds is 9. The topological polar surface area (TPSA) is 101 Å². The minimum atomic E-state index is -4.70. The molecule has 4 aromatic rings. The van der Waals surface area contributed by atoms with Crippen LogP contribution in [0, 0.1) is 20.8 Å². The van der Waals surface area contributed by atoms with Crippen molar-refractivity contribution >= 4 is 16.0 Å². The van der Waals surface area contributed by atoms with Crippen molar-refractivity contribution < 1.29 is 35.9 Å². The third-order valence-electron chi connectivity index (χ3n) is 7.12. The van der Waals surface area contributed by atoms with E-state index in [0.717, 1.165) is 27.6 Å². The lowest BCUT2D eigenvalue weighted by Gasteiger charge is -2.24. The highest BCUT2D eigenvalue weighted by atomic mass is 32.2. The van der Waals surface area contributed by atoms with Gasteiger partial charge in [0, 0.05) is 24.5 Å². The van der Waals surface area contributed by atoms with E-state index in [9.17, 15) is 31.5 Å². The van der Waals surface area contributed by atoms with Gasteiger partial charge in [0.05, 0.1) is 16.9 Å². The normalized spacial score (nSPS) is 12.6. The van der Waals surface area contributed by atoms with E-state index >= 15 is 0 Å². The molecule has 1 N–H and O–H groups in total. The standard InChI is InChI=1S/C31H31F3N2O5S/c1-19-12-20(2)28(21(3)13-19)42(39,40)36(18-26-10-11-27(41-26)31(32,33)34)17-22-6-8-23(9-7-22)24-14-25(16-35-15-24)30(4,5)29(37)38/h6-16H,17-18H2,1-5H3,(H,37,38). The zero-order valence-electron chi connectivity index (χ0n) is 23.8. The van der Waals surface area contributed by atoms with Gasteiger partial charge in [-0.05, 0) is 80.6 Å². The maximum Gasteiger partial charge on any atom is 0.449 e. The molecule has 0 aliphatic rings. The van der Waals surface area contributed by atoms with E-state index in [-0.39, 0.29) is 17.2 Å². The number of carbonyl (C=O) groups is 1. The number of hydrogen-bond donors (Lipinski definition) is 1. The van der Waals surface area contributed by atoms with Crippen LogP contribution in [0.1, 0.15) is 53.2 Å². The summed E-state index contributed by atoms with van der Waals surface area (Å²) >= 11 is 0. The summed E-state index contributed by atoms with van der Waals surface area (Å²) in [6, 6.07) is 14.1. The highest BCUT2D eigenvalue weighted by Crippen LogP contribution is 2.33. The average Bonchev–Trinajstić information content (AvgIpc) is 3.37. The second-order valence-electron chi connectivity index (χ2n) is 10.9. The number of carboxylic acids is 1. The molecule has 0 unspecified atom stereocenters. The molecule has 0 saturated heterocycles. The van der Waals surface area contributed by atoms with Gasteiger partial charge in [-0.1, -0.05) is 42.0 Å². The van der Waals surface area contributed by atoms with Crippen molar-refractivity contribution in [1.29, 1.82) is 0 Å². The lowest BCUT2D eigenvalue weighted by atomic mass is 9.85. The summed E-state index contributed by atoms with van der Waals surface area (Å²) < 4.78 is 73.6. The Balaban J connectivity index is 1.69. The number of sulfonamides is 1. The Hall–Kier alpha value is -3.96. The number of pyridine rings is 1. The highest BCUT2D eigenvalue weighted by molar-refractivity contribution is 7.89. The Kier molecular flexibility index (Phi) is 8.39. The van der Waals surface area contributed by atoms with Gasteiger partial charge in [0.15, 0.2) is 0 Å². The molecule has 0 bridgehead atoms. The van der Waals surface area contributed by atoms with Crippen molar-refractivity contribution in [1.82, 2.24) is 9.29 Å². The summed E-state index contributed by atoms with van der Waals surface area (Å²) in [4.78, 5) is 16.0. The molecule has 11 heteroatoms. The number of benzene rings is 2. The molecular formula is C31H31F3N2O5S. The fraction of sp³-hybridized carbons (Fsp3) is 0.290. The first-order valence-electron chi connectivity index (χ1n) is 13.0. The Labute approximate surface area is 242 Å². The number of halogens is 3. The number of alkyl halides is 3. The largest absolute Gasteiger partial charge is 0.481 e. The van der Waals surface area contributed by atoms with Crippen molar-refractivity contribution in [2.75, 3.05) is 0 Å². The van der Waals surface area contributed by atoms with Gasteiger partial charge in [-0.3, -0.25) is 9.78 Å². The van der Waals surface area contributed by atoms with Gasteiger partial charge in [-0.15, -0.1) is 0 Å². The molecule has 2 aromatic carbocycles. The molecule has 42 heavy (non-hydrogen) atoms. The quantitative estimate of drug-likeness (QED) is 0.221. The van der Waals surface area contributed by atoms with E-state index in [4.69, 9.17) is 4.42 Å². The van der Waals surface area contributed by atoms with Crippen LogP contribution in [0.25, 0.3) is 11.1 Å². The Bertz CT molecular complexity index is 1700. The maximum atomic E-state index is 14.0. The molecule has 0 aliphatic heterocycles. The summed E-state index contributed by atoms with van der Waals surface area (Å²) in [6.45, 7) is 7.84. The molecule has 0 fully saturated rings. The van der Waals surface area contributed by atoms with Gasteiger partial charge in [-0.2, -0.15) is 17.5 Å². The van der Waals surface area contributed by atoms with Gasteiger partial charge >= 0.3 is 12.1 Å². The number of aliphatic carboxylic acids is 1. The number of hydrogen-bond acceptors (Lipinski definition) is 5. The van der Waals surface area contributed by atoms with Crippen LogP contribution in [0.5, 0.6) is 0 Å². The molecule has 2 aromatic heterocycles. The molecule has 222 valence electrons. The number of carboxylic acid groups (broad SMARTS) is 1. The van der Waals surface area contributed by atoms with Gasteiger partial charge in [0.1, 0.15) is 5.76 Å². The molecule has 2 heterocycles. The smallest absolute Gasteiger partial charge is 0.449 e. The van der Waals surface area contributed by atoms with E-state index in [1.165, 1.54) is 6.20 Å². The second kappa shape index (κ2) is 11.4. The van der Waals surface area contributed by atoms with Gasteiger partial charge in [0.2, 0.25) is 15.8 Å². The third kappa shape index (κ3) is 6.42. The van der Waals surface area contributed by atoms with E-state index in [0.29, 0.717) is 27.8 Å². The Morgan fingerprint density at radius 3 is 2.07 bits per heavy atom. The van der Waals surface area contributed by atoms with Crippen LogP contribution < -0.4 is 0 Å². The van der Waals surface area contributed by atoms with E-state index in [1.54, 1.807) is 76.4 Å². The fourth-order valence-electron chi connectivity index (χ4n) is 4.79. The Morgan fingerprint density at radius 2 is 1.52 bits per heavy atom. The van der Waals surface area contributed by atoms with Crippen LogP contribution in [0.4, 0.5) is 13.2 Å². The zero-order valence-corrected chi connectivity index (χ0v) is 24.6. The third-order valence-corrected chi connectivity index (χ3v) is 9.21. The number of nitrogens with zero attached hydrogens (tertiary/aromatic N) is 2. The minimum Gasteiger partial charge on any atom is -0.481 e. The number of aryl methyl sites for hydroxylation is 3. The molecule has 0 spiro atoms. The lowest BCUT2D eigenvalue weighted by molar-refractivity contribution is -0.153. The molecule has 0 saturated carbocycles. The molecule has 0 atom stereocenters. The van der Waals surface area contributed by atoms with Crippen molar-refractivity contribution in [2.24, 2.45) is 0 Å². The Morgan fingerprint density at radius 1 is 0.905 bits per heavy atom. The summed E-state index contributed by atoms with van der Waals surface area (Å²) in [5.74, 6) is -2.34. The molecular weight excluding hydrogens is 569 g/mol. The predicted molar refractivity (Wildman–Crippen MR) is 151 cm³/mol. The van der Waals surface area contributed by atoms with Crippen molar-refractivity contribution in [3.05, 3.63) is 106 Å². The average molecular weight is 601 g/mol. The molecule has 0 amide bonds. The highest BCUT2D eigenvalue weighted by Gasteiger charge is 2.36. The first-order valence-corrected chi connectivity index (χ1v) is 14.5. The first-order chi connectivity index (χ1) is 19.5. The first kappa shape index (κ1) is 31.0. The lowest BCUT2D eigenvalue weighted by Crippen LogP contribution is -2.31. The predicted octanol–water partition coefficient (Wildman–Crippen LogP) is 7.04. The monoisotopic (exact) mass is 600 g/mol. The molecule has 0 aliphatic carbocycles. The zero-order chi connectivity index (χ0) is 31.0. The van der Waals surface area contributed by atoms with Crippen LogP contribution in [0.15, 0.2) is 76.3 Å². The van der Waals surface area contributed by atoms with Crippen molar-refractivity contribution in [2.45, 2.75) is 64.2 Å². The fourth-order valence-corrected chi connectivity index (χ4v) is 6.59. The van der Waals surface area contributed by atoms with Gasteiger partial charge in [-0.25, -0.2) is 8.42 Å².